The van der Waals surface area contributed by atoms with Gasteiger partial charge >= 0.3 is 17.1 Å². The van der Waals surface area contributed by atoms with Crippen LogP contribution in [0.25, 0.3) is 0 Å². The smallest absolute Gasteiger partial charge is 0.550 e. The van der Waals surface area contributed by atoms with Gasteiger partial charge in [0, 0.05) is 12.4 Å². The molecule has 58 valence electrons. The quantitative estimate of drug-likeness (QED) is 0.458. The van der Waals surface area contributed by atoms with Gasteiger partial charge in [0.25, 0.3) is 0 Å². The van der Waals surface area contributed by atoms with E-state index in [9.17, 15) is 19.8 Å². The SMILES string of the molecule is O=C([O-])CC(O)C(=O)[O-].[Fe+2]. The standard InChI is InChI=1S/C4H6O5.Fe/c5-2(4(8)9)1-3(6)7;/h2,5H,1H2,(H,6,7)(H,8,9);/q;+2/p-2. The largest absolute Gasteiger partial charge is 2.00 e. The van der Waals surface area contributed by atoms with Crippen LogP contribution in [-0.4, -0.2) is 23.1 Å². The molecule has 10 heavy (non-hydrogen) atoms. The molecule has 0 radical (unpaired) electrons. The molecule has 0 amide bonds. The Hall–Kier alpha value is -0.581. The maximum absolute atomic E-state index is 9.58. The Labute approximate surface area is 67.1 Å². The molecule has 0 aliphatic rings. The van der Waals surface area contributed by atoms with Gasteiger partial charge in [-0.3, -0.25) is 0 Å². The van der Waals surface area contributed by atoms with E-state index < -0.39 is 24.5 Å². The van der Waals surface area contributed by atoms with Gasteiger partial charge in [0.1, 0.15) is 0 Å². The summed E-state index contributed by atoms with van der Waals surface area (Å²) in [7, 11) is 0. The molecule has 1 N–H and O–H groups in total. The van der Waals surface area contributed by atoms with Crippen molar-refractivity contribution >= 4 is 11.9 Å². The molecule has 1 unspecified atom stereocenters. The second-order valence-corrected chi connectivity index (χ2v) is 1.41. The van der Waals surface area contributed by atoms with Crippen LogP contribution < -0.4 is 10.2 Å². The number of rotatable bonds is 3. The third-order valence-electron chi connectivity index (χ3n) is 0.632. The molecule has 0 heterocycles. The van der Waals surface area contributed by atoms with E-state index in [-0.39, 0.29) is 17.1 Å². The number of carboxylic acids is 2. The predicted octanol–water partition coefficient (Wildman–Crippen LogP) is -3.77. The van der Waals surface area contributed by atoms with Crippen LogP contribution in [0.3, 0.4) is 0 Å². The molecular weight excluding hydrogens is 184 g/mol. The molecule has 0 rings (SSSR count). The molecule has 5 nitrogen and oxygen atoms in total. The van der Waals surface area contributed by atoms with Gasteiger partial charge in [0.2, 0.25) is 0 Å². The van der Waals surface area contributed by atoms with Crippen molar-refractivity contribution < 1.29 is 42.0 Å². The van der Waals surface area contributed by atoms with Crippen LogP contribution in [-0.2, 0) is 26.7 Å². The van der Waals surface area contributed by atoms with E-state index in [0.717, 1.165) is 0 Å². The van der Waals surface area contributed by atoms with Gasteiger partial charge in [-0.05, 0) is 0 Å². The fraction of sp³-hybridized carbons (Fsp3) is 0.500. The number of hydrogen-bond acceptors (Lipinski definition) is 5. The van der Waals surface area contributed by atoms with E-state index in [1.54, 1.807) is 0 Å². The summed E-state index contributed by atoms with van der Waals surface area (Å²) in [6.45, 7) is 0. The number of carbonyl (C=O) groups excluding carboxylic acids is 2. The minimum absolute atomic E-state index is 0. The Morgan fingerprint density at radius 1 is 1.40 bits per heavy atom. The van der Waals surface area contributed by atoms with Crippen molar-refractivity contribution in [3.8, 4) is 0 Å². The van der Waals surface area contributed by atoms with E-state index >= 15 is 0 Å². The second-order valence-electron chi connectivity index (χ2n) is 1.41. The van der Waals surface area contributed by atoms with Gasteiger partial charge < -0.3 is 24.9 Å². The van der Waals surface area contributed by atoms with Crippen LogP contribution in [0.1, 0.15) is 6.42 Å². The molecular formula is C4H4FeO5. The molecule has 6 heteroatoms. The number of hydrogen-bond donors (Lipinski definition) is 1. The fourth-order valence-electron chi connectivity index (χ4n) is 0.241. The Morgan fingerprint density at radius 2 is 1.80 bits per heavy atom. The Morgan fingerprint density at radius 3 is 1.90 bits per heavy atom. The Bertz CT molecular complexity index is 134. The molecule has 1 atom stereocenters. The zero-order valence-electron chi connectivity index (χ0n) is 4.72. The molecule has 0 aliphatic heterocycles. The van der Waals surface area contributed by atoms with Gasteiger partial charge in [-0.15, -0.1) is 0 Å². The van der Waals surface area contributed by atoms with Crippen molar-refractivity contribution in [2.75, 3.05) is 0 Å². The van der Waals surface area contributed by atoms with Gasteiger partial charge in [-0.2, -0.15) is 0 Å². The third-order valence-corrected chi connectivity index (χ3v) is 0.632. The number of carboxylic acid groups (broad SMARTS) is 2. The molecule has 0 spiro atoms. The van der Waals surface area contributed by atoms with E-state index in [1.165, 1.54) is 0 Å². The van der Waals surface area contributed by atoms with Gasteiger partial charge in [0.15, 0.2) is 0 Å². The van der Waals surface area contributed by atoms with E-state index in [2.05, 4.69) is 0 Å². The van der Waals surface area contributed by atoms with Crippen molar-refractivity contribution in [2.45, 2.75) is 12.5 Å². The Balaban J connectivity index is 0. The summed E-state index contributed by atoms with van der Waals surface area (Å²) < 4.78 is 0. The molecule has 0 fully saturated rings. The summed E-state index contributed by atoms with van der Waals surface area (Å²) in [6.07, 6.45) is -2.89. The van der Waals surface area contributed by atoms with Crippen molar-refractivity contribution in [2.24, 2.45) is 0 Å². The molecule has 0 aliphatic carbocycles. The van der Waals surface area contributed by atoms with Crippen LogP contribution in [0.2, 0.25) is 0 Å². The summed E-state index contributed by atoms with van der Waals surface area (Å²) in [5.74, 6) is -3.43. The van der Waals surface area contributed by atoms with Crippen LogP contribution in [0.5, 0.6) is 0 Å². The maximum Gasteiger partial charge on any atom is 2.00 e. The number of aliphatic hydroxyl groups excluding tert-OH is 1. The van der Waals surface area contributed by atoms with Crippen LogP contribution in [0, 0.1) is 0 Å². The fourth-order valence-corrected chi connectivity index (χ4v) is 0.241. The summed E-state index contributed by atoms with van der Waals surface area (Å²) in [5, 5.41) is 27.3. The first kappa shape index (κ1) is 12.1. The van der Waals surface area contributed by atoms with Crippen molar-refractivity contribution in [1.82, 2.24) is 0 Å². The Kier molecular flexibility index (Phi) is 6.34. The topological polar surface area (TPSA) is 100 Å². The van der Waals surface area contributed by atoms with E-state index in [4.69, 9.17) is 5.11 Å². The minimum atomic E-state index is -1.96. The monoisotopic (exact) mass is 188 g/mol. The zero-order chi connectivity index (χ0) is 7.44. The van der Waals surface area contributed by atoms with Crippen molar-refractivity contribution in [3.63, 3.8) is 0 Å². The minimum Gasteiger partial charge on any atom is -0.550 e. The predicted molar refractivity (Wildman–Crippen MR) is 20.6 cm³/mol. The number of aliphatic hydroxyl groups is 1. The molecule has 0 aromatic carbocycles. The van der Waals surface area contributed by atoms with Crippen molar-refractivity contribution in [3.05, 3.63) is 0 Å². The first-order chi connectivity index (χ1) is 4.04. The summed E-state index contributed by atoms with van der Waals surface area (Å²) in [5.41, 5.74) is 0. The average Bonchev–Trinajstić information content (AvgIpc) is 1.63. The van der Waals surface area contributed by atoms with Crippen LogP contribution >= 0.6 is 0 Å². The van der Waals surface area contributed by atoms with Crippen molar-refractivity contribution in [1.29, 1.82) is 0 Å². The summed E-state index contributed by atoms with van der Waals surface area (Å²) >= 11 is 0. The maximum atomic E-state index is 9.58. The molecule has 0 aromatic heterocycles. The van der Waals surface area contributed by atoms with Crippen LogP contribution in [0.4, 0.5) is 0 Å². The van der Waals surface area contributed by atoms with E-state index in [1.807, 2.05) is 0 Å². The number of aliphatic carboxylic acids is 2. The van der Waals surface area contributed by atoms with Gasteiger partial charge in [-0.1, -0.05) is 0 Å². The summed E-state index contributed by atoms with van der Waals surface area (Å²) in [6, 6.07) is 0. The van der Waals surface area contributed by atoms with Gasteiger partial charge in [-0.25, -0.2) is 0 Å². The van der Waals surface area contributed by atoms with E-state index in [0.29, 0.717) is 0 Å². The average molecular weight is 188 g/mol. The first-order valence-electron chi connectivity index (χ1n) is 2.13. The van der Waals surface area contributed by atoms with Gasteiger partial charge in [0.05, 0.1) is 12.1 Å². The normalized spacial score (nSPS) is 11.3. The molecule has 0 saturated carbocycles. The zero-order valence-corrected chi connectivity index (χ0v) is 5.82. The summed E-state index contributed by atoms with van der Waals surface area (Å²) in [4.78, 5) is 19.1. The molecule has 0 saturated heterocycles. The molecule has 0 aromatic rings. The van der Waals surface area contributed by atoms with Crippen LogP contribution in [0.15, 0.2) is 0 Å². The third kappa shape index (κ3) is 5.55. The second kappa shape index (κ2) is 5.22. The molecule has 0 bridgehead atoms. The first-order valence-corrected chi connectivity index (χ1v) is 2.13. The number of carbonyl (C=O) groups is 2.